The second-order valence-corrected chi connectivity index (χ2v) is 22.5. The lowest BCUT2D eigenvalue weighted by atomic mass is 9.80. The number of anilines is 1. The van der Waals surface area contributed by atoms with Crippen molar-refractivity contribution in [2.75, 3.05) is 18.0 Å². The number of fused-ring (bicyclic) bond motifs is 1. The summed E-state index contributed by atoms with van der Waals surface area (Å²) >= 11 is 10.7. The molecule has 3 amide bonds. The van der Waals surface area contributed by atoms with Crippen molar-refractivity contribution in [1.29, 1.82) is 0 Å². The first kappa shape index (κ1) is 53.4. The first-order valence-electron chi connectivity index (χ1n) is 24.5. The van der Waals surface area contributed by atoms with E-state index in [1.807, 2.05) is 185 Å². The number of alkyl carbamates (subject to hydrolysis) is 1. The van der Waals surface area contributed by atoms with Gasteiger partial charge in [0.2, 0.25) is 5.60 Å². The zero-order valence-electron chi connectivity index (χ0n) is 41.8. The molecule has 5 aromatic carbocycles. The Morgan fingerprint density at radius 3 is 1.93 bits per heavy atom. The quantitative estimate of drug-likeness (QED) is 0.0174. The van der Waals surface area contributed by atoms with Crippen molar-refractivity contribution in [3.63, 3.8) is 0 Å². The van der Waals surface area contributed by atoms with E-state index in [1.54, 1.807) is 18.0 Å². The number of oxime groups is 1. The van der Waals surface area contributed by atoms with Crippen LogP contribution in [0.25, 0.3) is 0 Å². The van der Waals surface area contributed by atoms with Crippen molar-refractivity contribution in [3.8, 4) is 0 Å². The topological polar surface area (TPSA) is 187 Å². The largest absolute Gasteiger partial charge is 0.448 e. The number of hydrogen-bond acceptors (Lipinski definition) is 14. The molecule has 4 N–H and O–H groups in total. The third-order valence-electron chi connectivity index (χ3n) is 12.4. The number of thiazole rings is 1. The van der Waals surface area contributed by atoms with Gasteiger partial charge >= 0.3 is 12.1 Å². The van der Waals surface area contributed by atoms with Crippen molar-refractivity contribution in [2.45, 2.75) is 73.7 Å². The molecule has 2 aliphatic rings. The molecule has 0 bridgehead atoms. The number of amides is 3. The number of halogens is 1. The van der Waals surface area contributed by atoms with Crippen molar-refractivity contribution in [2.24, 2.45) is 5.16 Å². The number of nitrogen functional groups attached to an aromatic ring is 1. The molecule has 0 spiro atoms. The number of thioether (sulfide) groups is 2. The first-order chi connectivity index (χ1) is 36.8. The fraction of sp³-hybridized carbons (Fsp3) is 0.224. The molecule has 7 aromatic rings. The number of benzene rings is 5. The molecular weight excluding hydrogens is 1040 g/mol. The van der Waals surface area contributed by atoms with Crippen LogP contribution in [0.5, 0.6) is 0 Å². The summed E-state index contributed by atoms with van der Waals surface area (Å²) in [6, 6.07) is 49.4. The number of β-lactam (4-membered cyclic amide) rings is 1. The van der Waals surface area contributed by atoms with Crippen LogP contribution in [0.2, 0.25) is 4.34 Å². The second kappa shape index (κ2) is 24.0. The molecule has 388 valence electrons. The first-order valence-corrected chi connectivity index (χ1v) is 27.7. The van der Waals surface area contributed by atoms with Crippen LogP contribution >= 0.6 is 46.5 Å². The molecular formula is C58H54ClN7O7S3. The van der Waals surface area contributed by atoms with Gasteiger partial charge in [-0.1, -0.05) is 192 Å². The number of hydrogen-bond donors (Lipinski definition) is 3. The average Bonchev–Trinajstić information content (AvgIpc) is 3.79. The third kappa shape index (κ3) is 12.1. The normalized spacial score (nSPS) is 15.6. The molecule has 0 radical (unpaired) electrons. The van der Waals surface area contributed by atoms with E-state index in [0.717, 1.165) is 49.7 Å². The second-order valence-electron chi connectivity index (χ2n) is 18.7. The Kier molecular flexibility index (Phi) is 16.9. The van der Waals surface area contributed by atoms with E-state index in [1.165, 1.54) is 16.7 Å². The van der Waals surface area contributed by atoms with Gasteiger partial charge in [-0.2, -0.15) is 11.8 Å². The molecule has 1 fully saturated rings. The number of ether oxygens (including phenoxy) is 2. The summed E-state index contributed by atoms with van der Waals surface area (Å²) in [7, 11) is 0. The van der Waals surface area contributed by atoms with Gasteiger partial charge in [0.25, 0.3) is 11.8 Å². The highest BCUT2D eigenvalue weighted by Gasteiger charge is 2.55. The number of rotatable bonds is 19. The van der Waals surface area contributed by atoms with Gasteiger partial charge in [-0.15, -0.1) is 0 Å². The van der Waals surface area contributed by atoms with E-state index in [2.05, 4.69) is 20.8 Å². The summed E-state index contributed by atoms with van der Waals surface area (Å²) in [5.74, 6) is -0.952. The standard InChI is InChI=1S/C58H54ClN7O7S3/c1-57(2,3)72-56(70)62-34-35-74-36-42-44(30-19-33-61-42)75-45-32-31-43-46(53(68)66(43)49(45)54(69)71-50(37-20-9-4-10-21-37)38-22-11-5-12-23-38)63-52(67)48(47-51(59)76-55(60)64-47)65-73-58(39-24-13-6-14-25-39,40-26-15-7-16-27-40)41-28-17-8-18-29-41/h4-30,33,43,46,50H,31-32,34-36H2,1-3H3,(H2,60,64)(H,62,70)(H,63,67)/b65-48+/t43?,46-/m1/s1. The minimum Gasteiger partial charge on any atom is -0.448 e. The van der Waals surface area contributed by atoms with Gasteiger partial charge in [0.05, 0.1) is 11.7 Å². The summed E-state index contributed by atoms with van der Waals surface area (Å²) in [4.78, 5) is 75.7. The highest BCUT2D eigenvalue weighted by molar-refractivity contribution is 8.03. The number of carbonyl (C=O) groups excluding carboxylic acids is 4. The Labute approximate surface area is 458 Å². The molecule has 0 saturated carbocycles. The number of nitrogens with one attached hydrogen (secondary N) is 2. The minimum atomic E-state index is -1.38. The van der Waals surface area contributed by atoms with E-state index in [4.69, 9.17) is 36.6 Å². The van der Waals surface area contributed by atoms with E-state index in [-0.39, 0.29) is 26.6 Å². The van der Waals surface area contributed by atoms with Crippen LogP contribution in [0.1, 0.15) is 78.9 Å². The maximum absolute atomic E-state index is 15.0. The van der Waals surface area contributed by atoms with Crippen molar-refractivity contribution >= 4 is 81.2 Å². The van der Waals surface area contributed by atoms with Gasteiger partial charge in [-0.05, 0) is 56.9 Å². The number of allylic oxidation sites excluding steroid dienone is 1. The molecule has 76 heavy (non-hydrogen) atoms. The lowest BCUT2D eigenvalue weighted by molar-refractivity contribution is -0.158. The van der Waals surface area contributed by atoms with Crippen LogP contribution in [-0.2, 0) is 40.0 Å². The van der Waals surface area contributed by atoms with Crippen LogP contribution in [-0.4, -0.2) is 74.4 Å². The molecule has 2 aromatic heterocycles. The van der Waals surface area contributed by atoms with Gasteiger partial charge in [-0.3, -0.25) is 19.5 Å². The Bertz CT molecular complexity index is 3100. The number of esters is 1. The molecule has 9 rings (SSSR count). The lowest BCUT2D eigenvalue weighted by Crippen LogP contribution is -2.72. The Hall–Kier alpha value is -7.44. The van der Waals surface area contributed by atoms with Crippen LogP contribution in [0.3, 0.4) is 0 Å². The number of pyridine rings is 1. The number of carbonyl (C=O) groups is 4. The highest BCUT2D eigenvalue weighted by Crippen LogP contribution is 2.46. The summed E-state index contributed by atoms with van der Waals surface area (Å²) in [6.45, 7) is 5.82. The monoisotopic (exact) mass is 1090 g/mol. The van der Waals surface area contributed by atoms with Gasteiger partial charge < -0.3 is 30.7 Å². The molecule has 1 unspecified atom stereocenters. The summed E-state index contributed by atoms with van der Waals surface area (Å²) in [6.07, 6.45) is 1.13. The van der Waals surface area contributed by atoms with Crippen LogP contribution < -0.4 is 16.4 Å². The smallest absolute Gasteiger partial charge is 0.407 e. The van der Waals surface area contributed by atoms with Crippen molar-refractivity contribution in [1.82, 2.24) is 25.5 Å². The SMILES string of the molecule is CC(C)(C)OC(=O)NCCSCc1ncccc1SC1=C(C(=O)OC(c2ccccc2)c2ccccc2)N2C(=O)[C@H](NC(=O)/C(=N/OC(c3ccccc3)(c3ccccc3)c3ccccc3)c3nc(N)sc3Cl)C2CC1. The maximum Gasteiger partial charge on any atom is 0.407 e. The van der Waals surface area contributed by atoms with Crippen LogP contribution in [0.4, 0.5) is 9.93 Å². The Morgan fingerprint density at radius 2 is 1.39 bits per heavy atom. The van der Waals surface area contributed by atoms with Crippen molar-refractivity contribution < 1.29 is 33.5 Å². The summed E-state index contributed by atoms with van der Waals surface area (Å²) in [5.41, 5.74) is 8.31. The third-order valence-corrected chi connectivity index (χ3v) is 15.7. The van der Waals surface area contributed by atoms with Gasteiger partial charge in [-0.25, -0.2) is 14.6 Å². The predicted molar refractivity (Wildman–Crippen MR) is 299 cm³/mol. The molecule has 4 heterocycles. The van der Waals surface area contributed by atoms with E-state index in [9.17, 15) is 14.4 Å². The van der Waals surface area contributed by atoms with Crippen LogP contribution in [0, 0.1) is 0 Å². The fourth-order valence-electron chi connectivity index (χ4n) is 8.99. The molecule has 1 saturated heterocycles. The van der Waals surface area contributed by atoms with E-state index in [0.29, 0.717) is 35.8 Å². The summed E-state index contributed by atoms with van der Waals surface area (Å²) < 4.78 is 11.9. The van der Waals surface area contributed by atoms with Gasteiger partial charge in [0, 0.05) is 50.7 Å². The van der Waals surface area contributed by atoms with E-state index >= 15 is 4.79 Å². The molecule has 14 nitrogen and oxygen atoms in total. The predicted octanol–water partition coefficient (Wildman–Crippen LogP) is 11.1. The van der Waals surface area contributed by atoms with Crippen LogP contribution in [0.15, 0.2) is 191 Å². The highest BCUT2D eigenvalue weighted by atomic mass is 35.5. The number of nitrogens with two attached hydrogens (primary N) is 1. The van der Waals surface area contributed by atoms with Crippen molar-refractivity contribution in [3.05, 3.63) is 224 Å². The molecule has 2 aliphatic heterocycles. The van der Waals surface area contributed by atoms with E-state index < -0.39 is 53.3 Å². The molecule has 0 aliphatic carbocycles. The zero-order valence-corrected chi connectivity index (χ0v) is 45.0. The van der Waals surface area contributed by atoms with Gasteiger partial charge in [0.15, 0.2) is 16.9 Å². The summed E-state index contributed by atoms with van der Waals surface area (Å²) in [5, 5.41) is 10.4. The molecule has 2 atom stereocenters. The Morgan fingerprint density at radius 1 is 0.829 bits per heavy atom. The van der Waals surface area contributed by atoms with Gasteiger partial charge in [0.1, 0.15) is 27.4 Å². The lowest BCUT2D eigenvalue weighted by Gasteiger charge is -2.50. The average molecular weight is 1090 g/mol. The fourth-order valence-corrected chi connectivity index (χ4v) is 12.0. The number of aromatic nitrogens is 2. The Balaban J connectivity index is 1.03. The number of nitrogens with zero attached hydrogens (tertiary/aromatic N) is 4. The minimum absolute atomic E-state index is 0.0301. The maximum atomic E-state index is 15.0. The molecule has 18 heteroatoms. The zero-order chi connectivity index (χ0) is 53.2.